The highest BCUT2D eigenvalue weighted by molar-refractivity contribution is 5.92. The van der Waals surface area contributed by atoms with E-state index < -0.39 is 11.9 Å². The first-order valence-corrected chi connectivity index (χ1v) is 13.2. The molecule has 198 valence electrons. The largest absolute Gasteiger partial charge is 0.488 e. The van der Waals surface area contributed by atoms with Gasteiger partial charge in [-0.15, -0.1) is 0 Å². The van der Waals surface area contributed by atoms with Crippen LogP contribution in [0.15, 0.2) is 60.7 Å². The summed E-state index contributed by atoms with van der Waals surface area (Å²) in [4.78, 5) is 27.9. The number of rotatable bonds is 8. The maximum atomic E-state index is 12.8. The highest BCUT2D eigenvalue weighted by Gasteiger charge is 2.38. The molecule has 0 atom stereocenters. The molecule has 3 fully saturated rings. The molecule has 3 saturated heterocycles. The van der Waals surface area contributed by atoms with Crippen LogP contribution < -0.4 is 14.2 Å². The molecule has 0 aliphatic carbocycles. The van der Waals surface area contributed by atoms with E-state index in [4.69, 9.17) is 14.2 Å². The Labute approximate surface area is 224 Å². The zero-order valence-electron chi connectivity index (χ0n) is 22.4. The Morgan fingerprint density at radius 3 is 1.68 bits per heavy atom. The van der Waals surface area contributed by atoms with Crippen LogP contribution in [0.2, 0.25) is 0 Å². The summed E-state index contributed by atoms with van der Waals surface area (Å²) in [6.45, 7) is 14.5. The van der Waals surface area contributed by atoms with Gasteiger partial charge in [0.2, 0.25) is 0 Å². The van der Waals surface area contributed by atoms with Crippen LogP contribution in [0.5, 0.6) is 17.2 Å². The summed E-state index contributed by atoms with van der Waals surface area (Å²) >= 11 is 0. The Morgan fingerprint density at radius 1 is 0.711 bits per heavy atom. The van der Waals surface area contributed by atoms with Crippen LogP contribution in [0.4, 0.5) is 0 Å². The van der Waals surface area contributed by atoms with Crippen LogP contribution in [0, 0.1) is 20.8 Å². The standard InChI is InChI=1S/C31H35N2O5/c1-22-4-6-25(7-5-22)30(34)37-28-12-13-29(24(3)23(28)2)38-31(35)26-8-10-27(11-9-26)36-21-20-33-17-14-32(15-18-33)16-19-33/h4-13H,14-21H2,1-3H3/q+1. The first-order valence-electron chi connectivity index (χ1n) is 13.2. The Hall–Kier alpha value is -3.68. The predicted molar refractivity (Wildman–Crippen MR) is 145 cm³/mol. The van der Waals surface area contributed by atoms with Gasteiger partial charge >= 0.3 is 11.9 Å². The number of fused-ring (bicyclic) bond motifs is 3. The topological polar surface area (TPSA) is 65.1 Å². The van der Waals surface area contributed by atoms with E-state index in [-0.39, 0.29) is 0 Å². The van der Waals surface area contributed by atoms with E-state index in [1.165, 1.54) is 39.3 Å². The lowest BCUT2D eigenvalue weighted by Crippen LogP contribution is -2.68. The van der Waals surface area contributed by atoms with Crippen molar-refractivity contribution in [1.29, 1.82) is 0 Å². The summed E-state index contributed by atoms with van der Waals surface area (Å²) in [5.74, 6) is 0.738. The monoisotopic (exact) mass is 515 g/mol. The molecule has 0 unspecified atom stereocenters. The average Bonchev–Trinajstić information content (AvgIpc) is 2.94. The zero-order chi connectivity index (χ0) is 26.7. The van der Waals surface area contributed by atoms with Crippen molar-refractivity contribution in [2.45, 2.75) is 20.8 Å². The van der Waals surface area contributed by atoms with E-state index in [0.29, 0.717) is 29.2 Å². The van der Waals surface area contributed by atoms with Gasteiger partial charge in [-0.3, -0.25) is 4.90 Å². The van der Waals surface area contributed by atoms with Crippen LogP contribution in [0.1, 0.15) is 37.4 Å². The van der Waals surface area contributed by atoms with Crippen molar-refractivity contribution in [3.8, 4) is 17.2 Å². The molecule has 7 nitrogen and oxygen atoms in total. The molecule has 7 heteroatoms. The van der Waals surface area contributed by atoms with Gasteiger partial charge in [-0.05, 0) is 80.4 Å². The lowest BCUT2D eigenvalue weighted by molar-refractivity contribution is -0.940. The second kappa shape index (κ2) is 11.0. The number of carbonyl (C=O) groups excluding carboxylic acids is 2. The molecule has 0 spiro atoms. The molecule has 6 rings (SSSR count). The maximum Gasteiger partial charge on any atom is 0.343 e. The highest BCUT2D eigenvalue weighted by Crippen LogP contribution is 2.30. The second-order valence-corrected chi connectivity index (χ2v) is 10.4. The fraction of sp³-hybridized carbons (Fsp3) is 0.355. The van der Waals surface area contributed by atoms with Gasteiger partial charge in [-0.2, -0.15) is 0 Å². The predicted octanol–water partition coefficient (Wildman–Crippen LogP) is 4.58. The minimum atomic E-state index is -0.451. The molecule has 3 aliphatic heterocycles. The van der Waals surface area contributed by atoms with E-state index in [0.717, 1.165) is 33.5 Å². The summed E-state index contributed by atoms with van der Waals surface area (Å²) in [6, 6.07) is 17.6. The minimum Gasteiger partial charge on any atom is -0.488 e. The number of carbonyl (C=O) groups is 2. The van der Waals surface area contributed by atoms with Gasteiger partial charge in [0.05, 0.1) is 30.8 Å². The normalized spacial score (nSPS) is 20.1. The Kier molecular flexibility index (Phi) is 7.49. The number of quaternary nitrogens is 1. The molecule has 0 aromatic heterocycles. The average molecular weight is 516 g/mol. The second-order valence-electron chi connectivity index (χ2n) is 10.4. The summed E-state index contributed by atoms with van der Waals surface area (Å²) < 4.78 is 18.4. The first kappa shape index (κ1) is 25.9. The van der Waals surface area contributed by atoms with Crippen LogP contribution in [-0.4, -0.2) is 73.7 Å². The number of hydrogen-bond donors (Lipinski definition) is 0. The molecule has 3 aromatic carbocycles. The maximum absolute atomic E-state index is 12.8. The van der Waals surface area contributed by atoms with Crippen LogP contribution >= 0.6 is 0 Å². The van der Waals surface area contributed by atoms with Gasteiger partial charge in [0.25, 0.3) is 0 Å². The molecule has 3 aliphatic rings. The van der Waals surface area contributed by atoms with E-state index in [1.54, 1.807) is 36.4 Å². The Morgan fingerprint density at radius 2 is 1.18 bits per heavy atom. The number of benzene rings is 3. The molecule has 0 amide bonds. The van der Waals surface area contributed by atoms with Crippen molar-refractivity contribution in [3.05, 3.63) is 88.5 Å². The SMILES string of the molecule is Cc1ccc(C(=O)Oc2ccc(OC(=O)c3ccc(OCC[N+]45CCN(CC4)CC5)cc3)c(C)c2C)cc1. The Bertz CT molecular complexity index is 1300. The fourth-order valence-corrected chi connectivity index (χ4v) is 5.11. The lowest BCUT2D eigenvalue weighted by atomic mass is 10.1. The molecule has 3 heterocycles. The quantitative estimate of drug-likeness (QED) is 0.249. The van der Waals surface area contributed by atoms with Crippen molar-refractivity contribution in [1.82, 2.24) is 4.90 Å². The summed E-state index contributed by atoms with van der Waals surface area (Å²) in [7, 11) is 0. The summed E-state index contributed by atoms with van der Waals surface area (Å²) in [5.41, 5.74) is 3.47. The molecule has 0 radical (unpaired) electrons. The highest BCUT2D eigenvalue weighted by atomic mass is 16.5. The fourth-order valence-electron chi connectivity index (χ4n) is 5.11. The Balaban J connectivity index is 1.16. The number of hydrogen-bond acceptors (Lipinski definition) is 6. The van der Waals surface area contributed by atoms with Crippen LogP contribution in [-0.2, 0) is 0 Å². The number of piperazine rings is 3. The van der Waals surface area contributed by atoms with Gasteiger partial charge in [-0.1, -0.05) is 17.7 Å². The van der Waals surface area contributed by atoms with Crippen LogP contribution in [0.25, 0.3) is 0 Å². The number of ether oxygens (including phenoxy) is 3. The molecule has 0 N–H and O–H groups in total. The molecule has 3 aromatic rings. The lowest BCUT2D eigenvalue weighted by Gasteiger charge is -2.50. The number of nitrogens with zero attached hydrogens (tertiary/aromatic N) is 2. The van der Waals surface area contributed by atoms with Gasteiger partial charge in [0.15, 0.2) is 0 Å². The van der Waals surface area contributed by atoms with Gasteiger partial charge in [0.1, 0.15) is 30.4 Å². The van der Waals surface area contributed by atoms with E-state index in [1.807, 2.05) is 45.0 Å². The molecule has 2 bridgehead atoms. The van der Waals surface area contributed by atoms with E-state index in [9.17, 15) is 9.59 Å². The van der Waals surface area contributed by atoms with Crippen molar-refractivity contribution < 1.29 is 28.3 Å². The summed E-state index contributed by atoms with van der Waals surface area (Å²) in [6.07, 6.45) is 0. The van der Waals surface area contributed by atoms with E-state index in [2.05, 4.69) is 4.90 Å². The third kappa shape index (κ3) is 5.74. The van der Waals surface area contributed by atoms with Crippen molar-refractivity contribution >= 4 is 11.9 Å². The third-order valence-electron chi connectivity index (χ3n) is 7.98. The smallest absolute Gasteiger partial charge is 0.343 e. The van der Waals surface area contributed by atoms with Gasteiger partial charge in [-0.25, -0.2) is 9.59 Å². The summed E-state index contributed by atoms with van der Waals surface area (Å²) in [5, 5.41) is 0. The number of esters is 2. The molecular formula is C31H35N2O5+. The molecule has 38 heavy (non-hydrogen) atoms. The third-order valence-corrected chi connectivity index (χ3v) is 7.98. The molecule has 0 saturated carbocycles. The van der Waals surface area contributed by atoms with Crippen molar-refractivity contribution in [3.63, 3.8) is 0 Å². The van der Waals surface area contributed by atoms with Crippen LogP contribution in [0.3, 0.4) is 0 Å². The van der Waals surface area contributed by atoms with E-state index >= 15 is 0 Å². The molecular weight excluding hydrogens is 480 g/mol. The first-order chi connectivity index (χ1) is 18.3. The zero-order valence-corrected chi connectivity index (χ0v) is 22.4. The minimum absolute atomic E-state index is 0.428. The van der Waals surface area contributed by atoms with Gasteiger partial charge < -0.3 is 18.7 Å². The van der Waals surface area contributed by atoms with Crippen molar-refractivity contribution in [2.24, 2.45) is 0 Å². The number of aryl methyl sites for hydroxylation is 1. The van der Waals surface area contributed by atoms with Gasteiger partial charge in [0, 0.05) is 19.6 Å². The van der Waals surface area contributed by atoms with Crippen molar-refractivity contribution in [2.75, 3.05) is 52.4 Å².